The lowest BCUT2D eigenvalue weighted by atomic mass is 9.83. The molecule has 2 aromatic rings. The van der Waals surface area contributed by atoms with Crippen LogP contribution in [0.15, 0.2) is 6.07 Å². The Morgan fingerprint density at radius 2 is 1.44 bits per heavy atom. The Morgan fingerprint density at radius 3 is 1.97 bits per heavy atom. The number of hydrogen-bond donors (Lipinski definition) is 0. The van der Waals surface area contributed by atoms with Crippen LogP contribution in [0.5, 0.6) is 23.0 Å². The van der Waals surface area contributed by atoms with E-state index in [0.29, 0.717) is 12.2 Å². The molecule has 0 atom stereocenters. The number of methoxy groups -OCH3 is 5. The Kier molecular flexibility index (Phi) is 6.67. The van der Waals surface area contributed by atoms with Crippen molar-refractivity contribution in [2.24, 2.45) is 0 Å². The van der Waals surface area contributed by atoms with E-state index in [0.717, 1.165) is 18.4 Å². The van der Waals surface area contributed by atoms with Gasteiger partial charge in [0.25, 0.3) is 0 Å². The first-order valence-corrected chi connectivity index (χ1v) is 10.0. The number of ether oxygens (including phenoxy) is 5. The molecule has 0 N–H and O–H groups in total. The monoisotopic (exact) mass is 443 g/mol. The second-order valence-electron chi connectivity index (χ2n) is 7.03. The maximum absolute atomic E-state index is 13.6. The predicted octanol–water partition coefficient (Wildman–Crippen LogP) is 3.02. The first-order valence-electron chi connectivity index (χ1n) is 10.0. The third kappa shape index (κ3) is 3.43. The summed E-state index contributed by atoms with van der Waals surface area (Å²) < 4.78 is 26.5. The highest BCUT2D eigenvalue weighted by Crippen LogP contribution is 2.46. The van der Waals surface area contributed by atoms with Gasteiger partial charge in [0.1, 0.15) is 5.69 Å². The Labute approximate surface area is 185 Å². The highest BCUT2D eigenvalue weighted by Gasteiger charge is 2.41. The number of aryl methyl sites for hydroxylation is 1. The molecule has 170 valence electrons. The van der Waals surface area contributed by atoms with Crippen molar-refractivity contribution in [3.63, 3.8) is 0 Å². The summed E-state index contributed by atoms with van der Waals surface area (Å²) in [5, 5.41) is 0. The molecular formula is C23H25NO8. The zero-order valence-electron chi connectivity index (χ0n) is 18.9. The van der Waals surface area contributed by atoms with Crippen molar-refractivity contribution in [2.75, 3.05) is 35.5 Å². The predicted molar refractivity (Wildman–Crippen MR) is 114 cm³/mol. The van der Waals surface area contributed by atoms with Crippen molar-refractivity contribution >= 4 is 17.5 Å². The van der Waals surface area contributed by atoms with Crippen molar-refractivity contribution < 1.29 is 38.1 Å². The van der Waals surface area contributed by atoms with Gasteiger partial charge in [-0.25, -0.2) is 9.78 Å². The highest BCUT2D eigenvalue weighted by atomic mass is 16.5. The van der Waals surface area contributed by atoms with Gasteiger partial charge in [-0.15, -0.1) is 0 Å². The summed E-state index contributed by atoms with van der Waals surface area (Å²) in [6, 6.07) is 1.65. The number of carbonyl (C=O) groups is 3. The summed E-state index contributed by atoms with van der Waals surface area (Å²) in [5.41, 5.74) is 0.322. The fourth-order valence-corrected chi connectivity index (χ4v) is 3.86. The first kappa shape index (κ1) is 23.1. The van der Waals surface area contributed by atoms with E-state index in [9.17, 15) is 14.4 Å². The lowest BCUT2D eigenvalue weighted by Crippen LogP contribution is -2.26. The number of esters is 1. The smallest absolute Gasteiger partial charge is 0.360 e. The second kappa shape index (κ2) is 9.25. The third-order valence-electron chi connectivity index (χ3n) is 5.33. The van der Waals surface area contributed by atoms with Crippen molar-refractivity contribution in [1.82, 2.24) is 4.98 Å². The van der Waals surface area contributed by atoms with Crippen LogP contribution in [0.1, 0.15) is 67.8 Å². The first-order chi connectivity index (χ1) is 15.4. The molecule has 0 radical (unpaired) electrons. The zero-order chi connectivity index (χ0) is 23.6. The van der Waals surface area contributed by atoms with Gasteiger partial charge in [0, 0.05) is 5.56 Å². The van der Waals surface area contributed by atoms with Crippen LogP contribution in [0.2, 0.25) is 0 Å². The second-order valence-corrected chi connectivity index (χ2v) is 7.03. The van der Waals surface area contributed by atoms with Crippen LogP contribution in [0.3, 0.4) is 0 Å². The lowest BCUT2D eigenvalue weighted by molar-refractivity contribution is 0.0588. The molecular weight excluding hydrogens is 418 g/mol. The molecule has 0 saturated heterocycles. The maximum Gasteiger partial charge on any atom is 0.360 e. The fourth-order valence-electron chi connectivity index (χ4n) is 3.86. The molecule has 0 unspecified atom stereocenters. The fraction of sp³-hybridized carbons (Fsp3) is 0.391. The number of nitrogens with zero attached hydrogens (tertiary/aromatic N) is 1. The minimum absolute atomic E-state index is 0.0256. The number of aromatic nitrogens is 1. The van der Waals surface area contributed by atoms with E-state index in [1.165, 1.54) is 35.5 Å². The molecule has 32 heavy (non-hydrogen) atoms. The average Bonchev–Trinajstić information content (AvgIpc) is 2.82. The summed E-state index contributed by atoms with van der Waals surface area (Å²) in [5.74, 6) is -1.55. The third-order valence-corrected chi connectivity index (χ3v) is 5.33. The number of fused-ring (bicyclic) bond motifs is 2. The van der Waals surface area contributed by atoms with Crippen molar-refractivity contribution in [3.8, 4) is 23.0 Å². The molecule has 9 heteroatoms. The highest BCUT2D eigenvalue weighted by molar-refractivity contribution is 6.30. The Hall–Kier alpha value is -3.62. The molecule has 1 aromatic carbocycles. The molecule has 0 amide bonds. The number of rotatable bonds is 8. The van der Waals surface area contributed by atoms with Crippen molar-refractivity contribution in [1.29, 1.82) is 0 Å². The normalized spacial score (nSPS) is 12.1. The van der Waals surface area contributed by atoms with Crippen molar-refractivity contribution in [3.05, 3.63) is 39.7 Å². The number of pyridine rings is 1. The Balaban J connectivity index is 2.38. The molecule has 0 bridgehead atoms. The van der Waals surface area contributed by atoms with Crippen molar-refractivity contribution in [2.45, 2.75) is 26.2 Å². The number of carbonyl (C=O) groups excluding carboxylic acids is 3. The van der Waals surface area contributed by atoms with Crippen LogP contribution in [-0.2, 0) is 11.2 Å². The molecule has 1 aromatic heterocycles. The van der Waals surface area contributed by atoms with Gasteiger partial charge in [0.15, 0.2) is 34.5 Å². The SMILES string of the molecule is CCCCc1cc2c(c(OC)c1OC)C(=O)c1nc(C(=O)OC)c(OC)c(OC)c1C2=O. The van der Waals surface area contributed by atoms with E-state index in [4.69, 9.17) is 23.7 Å². The largest absolute Gasteiger partial charge is 0.493 e. The van der Waals surface area contributed by atoms with Crippen LogP contribution in [0.4, 0.5) is 0 Å². The van der Waals surface area contributed by atoms with Gasteiger partial charge in [0.2, 0.25) is 5.78 Å². The summed E-state index contributed by atoms with van der Waals surface area (Å²) in [7, 11) is 6.66. The van der Waals surface area contributed by atoms with Crippen LogP contribution in [0.25, 0.3) is 0 Å². The standard InChI is InChI=1S/C23H25NO8/c1-7-8-9-11-10-12-13(20(29-3)19(11)28-2)18(26)15-14(17(12)25)21(30-4)22(31-5)16(24-15)23(27)32-6/h10H,7-9H2,1-6H3. The molecule has 0 spiro atoms. The quantitative estimate of drug-likeness (QED) is 0.485. The number of hydrogen-bond acceptors (Lipinski definition) is 9. The number of unbranched alkanes of at least 4 members (excludes halogenated alkanes) is 1. The number of benzene rings is 1. The van der Waals surface area contributed by atoms with Gasteiger partial charge in [0.05, 0.1) is 46.7 Å². The lowest BCUT2D eigenvalue weighted by Gasteiger charge is -2.25. The van der Waals surface area contributed by atoms with Gasteiger partial charge in [-0.05, 0) is 24.5 Å². The Bertz CT molecular complexity index is 1110. The maximum atomic E-state index is 13.6. The van der Waals surface area contributed by atoms with E-state index in [-0.39, 0.29) is 45.3 Å². The molecule has 1 aliphatic carbocycles. The number of ketones is 2. The van der Waals surface area contributed by atoms with E-state index >= 15 is 0 Å². The molecule has 3 rings (SSSR count). The van der Waals surface area contributed by atoms with Gasteiger partial charge < -0.3 is 23.7 Å². The summed E-state index contributed by atoms with van der Waals surface area (Å²) in [4.78, 5) is 43.6. The van der Waals surface area contributed by atoms with Crippen LogP contribution < -0.4 is 18.9 Å². The molecule has 9 nitrogen and oxygen atoms in total. The molecule has 0 aliphatic heterocycles. The van der Waals surface area contributed by atoms with E-state index in [2.05, 4.69) is 11.9 Å². The van der Waals surface area contributed by atoms with Crippen LogP contribution in [-0.4, -0.2) is 58.1 Å². The van der Waals surface area contributed by atoms with E-state index in [1.807, 2.05) is 0 Å². The molecule has 0 saturated carbocycles. The van der Waals surface area contributed by atoms with Gasteiger partial charge in [-0.3, -0.25) is 9.59 Å². The van der Waals surface area contributed by atoms with E-state index in [1.54, 1.807) is 6.07 Å². The minimum Gasteiger partial charge on any atom is -0.493 e. The molecule has 1 aliphatic rings. The van der Waals surface area contributed by atoms with Gasteiger partial charge in [-0.1, -0.05) is 13.3 Å². The van der Waals surface area contributed by atoms with Gasteiger partial charge in [-0.2, -0.15) is 0 Å². The van der Waals surface area contributed by atoms with Crippen LogP contribution in [0, 0.1) is 0 Å². The topological polar surface area (TPSA) is 110 Å². The molecule has 1 heterocycles. The Morgan fingerprint density at radius 1 is 0.844 bits per heavy atom. The summed E-state index contributed by atoms with van der Waals surface area (Å²) in [6.45, 7) is 2.05. The minimum atomic E-state index is -0.839. The van der Waals surface area contributed by atoms with Gasteiger partial charge >= 0.3 is 5.97 Å². The van der Waals surface area contributed by atoms with E-state index < -0.39 is 17.5 Å². The zero-order valence-corrected chi connectivity index (χ0v) is 18.9. The molecule has 0 fully saturated rings. The summed E-state index contributed by atoms with van der Waals surface area (Å²) in [6.07, 6.45) is 2.43. The summed E-state index contributed by atoms with van der Waals surface area (Å²) >= 11 is 0. The average molecular weight is 443 g/mol. The van der Waals surface area contributed by atoms with Crippen LogP contribution >= 0.6 is 0 Å².